The molecule has 0 N–H and O–H groups in total. The fourth-order valence-corrected chi connectivity index (χ4v) is 11.3. The Labute approximate surface area is 321 Å². The van der Waals surface area contributed by atoms with E-state index in [0.717, 1.165) is 84.1 Å². The van der Waals surface area contributed by atoms with E-state index in [-0.39, 0.29) is 0 Å². The second kappa shape index (κ2) is 13.2. The monoisotopic (exact) mass is 720 g/mol. The number of rotatable bonds is 6. The van der Waals surface area contributed by atoms with Gasteiger partial charge in [0, 0.05) is 22.3 Å². The zero-order chi connectivity index (χ0) is 36.9. The topological polar surface area (TPSA) is 51.6 Å². The van der Waals surface area contributed by atoms with Crippen molar-refractivity contribution in [3.05, 3.63) is 182 Å². The van der Waals surface area contributed by atoms with Crippen LogP contribution in [0.1, 0.15) is 0 Å². The van der Waals surface area contributed by atoms with Crippen LogP contribution in [0.4, 0.5) is 0 Å². The summed E-state index contributed by atoms with van der Waals surface area (Å²) < 4.78 is 0. The van der Waals surface area contributed by atoms with Gasteiger partial charge in [0.05, 0.1) is 33.8 Å². The normalized spacial score (nSPS) is 12.7. The number of benzene rings is 7. The van der Waals surface area contributed by atoms with E-state index in [2.05, 4.69) is 153 Å². The molecule has 7 aromatic carbocycles. The molecule has 10 rings (SSSR count). The molecule has 0 unspecified atom stereocenters. The third kappa shape index (κ3) is 5.77. The average Bonchev–Trinajstić information content (AvgIpc) is 3.49. The highest BCUT2D eigenvalue weighted by molar-refractivity contribution is 7.04. The van der Waals surface area contributed by atoms with Gasteiger partial charge in [0.15, 0.2) is 5.82 Å². The van der Waals surface area contributed by atoms with Gasteiger partial charge in [-0.25, -0.2) is 19.9 Å². The van der Waals surface area contributed by atoms with Crippen LogP contribution in [0.2, 0.25) is 13.1 Å². The minimum Gasteiger partial charge on any atom is -0.244 e. The predicted octanol–water partition coefficient (Wildman–Crippen LogP) is 11.2. The molecule has 0 saturated carbocycles. The molecule has 0 bridgehead atoms. The smallest absolute Gasteiger partial charge is 0.160 e. The van der Waals surface area contributed by atoms with Crippen molar-refractivity contribution in [2.75, 3.05) is 0 Å². The second-order valence-corrected chi connectivity index (χ2v) is 19.0. The highest BCUT2D eigenvalue weighted by Crippen LogP contribution is 2.37. The van der Waals surface area contributed by atoms with Crippen molar-refractivity contribution in [1.29, 1.82) is 0 Å². The third-order valence-corrected chi connectivity index (χ3v) is 14.3. The zero-order valence-electron chi connectivity index (χ0n) is 30.6. The molecule has 55 heavy (non-hydrogen) atoms. The number of para-hydroxylation sites is 2. The highest BCUT2D eigenvalue weighted by Gasteiger charge is 2.41. The van der Waals surface area contributed by atoms with E-state index in [1.54, 1.807) is 0 Å². The van der Waals surface area contributed by atoms with Crippen molar-refractivity contribution in [1.82, 2.24) is 19.9 Å². The van der Waals surface area contributed by atoms with E-state index in [4.69, 9.17) is 19.9 Å². The molecular formula is C50H36N4Si. The number of hydrogen-bond donors (Lipinski definition) is 0. The Balaban J connectivity index is 1.05. The van der Waals surface area contributed by atoms with Crippen LogP contribution in [0.3, 0.4) is 0 Å². The van der Waals surface area contributed by atoms with E-state index in [0.29, 0.717) is 0 Å². The number of hydrogen-bond acceptors (Lipinski definition) is 4. The standard InChI is InChI=1S/C50H36N4Si/c1-55(2)44-29-12-9-26-41(44)48-49(55)47(34-18-7-4-8-19-34)53-50(54-48)40-25-15-23-38(32-40)36-21-13-20-35(30-36)37-22-14-24-39(31-37)46-45(33-16-5-3-6-17-33)51-42-27-10-11-28-43(42)52-46/h3-32H,1-2H3. The Bertz CT molecular complexity index is 2900. The maximum atomic E-state index is 5.36. The van der Waals surface area contributed by atoms with Gasteiger partial charge in [-0.2, -0.15) is 0 Å². The summed E-state index contributed by atoms with van der Waals surface area (Å²) in [6.45, 7) is 4.85. The molecule has 1 aliphatic rings. The van der Waals surface area contributed by atoms with Gasteiger partial charge >= 0.3 is 0 Å². The molecule has 3 heterocycles. The lowest BCUT2D eigenvalue weighted by atomic mass is 9.95. The number of fused-ring (bicyclic) bond motifs is 4. The van der Waals surface area contributed by atoms with E-state index in [9.17, 15) is 0 Å². The zero-order valence-corrected chi connectivity index (χ0v) is 31.6. The van der Waals surface area contributed by atoms with Crippen LogP contribution in [0, 0.1) is 0 Å². The molecule has 0 amide bonds. The van der Waals surface area contributed by atoms with Gasteiger partial charge in [-0.3, -0.25) is 0 Å². The van der Waals surface area contributed by atoms with Crippen molar-refractivity contribution in [3.8, 4) is 78.7 Å². The van der Waals surface area contributed by atoms with Crippen molar-refractivity contribution in [2.24, 2.45) is 0 Å². The van der Waals surface area contributed by atoms with Gasteiger partial charge in [-0.1, -0.05) is 165 Å². The summed E-state index contributed by atoms with van der Waals surface area (Å²) in [5, 5.41) is 2.74. The summed E-state index contributed by atoms with van der Waals surface area (Å²) in [6.07, 6.45) is 0. The van der Waals surface area contributed by atoms with Crippen LogP contribution >= 0.6 is 0 Å². The summed E-state index contributed by atoms with van der Waals surface area (Å²) in [6, 6.07) is 63.9. The summed E-state index contributed by atoms with van der Waals surface area (Å²) in [5.41, 5.74) is 15.6. The Hall–Kier alpha value is -6.82. The molecule has 0 spiro atoms. The predicted molar refractivity (Wildman–Crippen MR) is 230 cm³/mol. The van der Waals surface area contributed by atoms with Gasteiger partial charge in [-0.15, -0.1) is 0 Å². The Morgan fingerprint density at radius 3 is 1.36 bits per heavy atom. The fourth-order valence-electron chi connectivity index (χ4n) is 8.11. The minimum absolute atomic E-state index is 0.746. The van der Waals surface area contributed by atoms with E-state index in [1.165, 1.54) is 15.9 Å². The molecule has 1 aliphatic heterocycles. The second-order valence-electron chi connectivity index (χ2n) is 14.7. The molecule has 9 aromatic rings. The van der Waals surface area contributed by atoms with Crippen LogP contribution in [0.25, 0.3) is 89.7 Å². The Morgan fingerprint density at radius 1 is 0.327 bits per heavy atom. The molecule has 0 fully saturated rings. The van der Waals surface area contributed by atoms with E-state index in [1.807, 2.05) is 42.5 Å². The summed E-state index contributed by atoms with van der Waals surface area (Å²) in [5.74, 6) is 0.746. The molecule has 5 heteroatoms. The van der Waals surface area contributed by atoms with Gasteiger partial charge in [-0.05, 0) is 68.5 Å². The van der Waals surface area contributed by atoms with Crippen molar-refractivity contribution < 1.29 is 0 Å². The molecule has 0 aliphatic carbocycles. The van der Waals surface area contributed by atoms with Crippen LogP contribution < -0.4 is 10.4 Å². The number of nitrogens with zero attached hydrogens (tertiary/aromatic N) is 4. The molecule has 0 radical (unpaired) electrons. The first-order chi connectivity index (χ1) is 27.0. The SMILES string of the molecule is C[Si]1(C)c2ccccc2-c2nc(-c3cccc(-c4cccc(-c5cccc(-c6nc7ccccc7nc6-c6ccccc6)c5)c4)c3)nc(-c3ccccc3)c21. The molecule has 2 aromatic heterocycles. The van der Waals surface area contributed by atoms with Gasteiger partial charge < -0.3 is 0 Å². The fraction of sp³-hybridized carbons (Fsp3) is 0.0400. The lowest BCUT2D eigenvalue weighted by Crippen LogP contribution is -2.50. The van der Waals surface area contributed by atoms with Crippen molar-refractivity contribution in [3.63, 3.8) is 0 Å². The lowest BCUT2D eigenvalue weighted by Gasteiger charge is -2.21. The van der Waals surface area contributed by atoms with Gasteiger partial charge in [0.25, 0.3) is 0 Å². The quantitative estimate of drug-likeness (QED) is 0.161. The van der Waals surface area contributed by atoms with Crippen LogP contribution in [-0.4, -0.2) is 28.0 Å². The largest absolute Gasteiger partial charge is 0.244 e. The summed E-state index contributed by atoms with van der Waals surface area (Å²) in [7, 11) is -2.03. The minimum atomic E-state index is -2.03. The van der Waals surface area contributed by atoms with Gasteiger partial charge in [0.2, 0.25) is 0 Å². The Kier molecular flexibility index (Phi) is 7.89. The first-order valence-electron chi connectivity index (χ1n) is 18.7. The summed E-state index contributed by atoms with van der Waals surface area (Å²) >= 11 is 0. The van der Waals surface area contributed by atoms with Crippen molar-refractivity contribution >= 4 is 29.5 Å². The van der Waals surface area contributed by atoms with E-state index >= 15 is 0 Å². The summed E-state index contributed by atoms with van der Waals surface area (Å²) in [4.78, 5) is 21.0. The molecule has 0 saturated heterocycles. The average molecular weight is 721 g/mol. The molecule has 4 nitrogen and oxygen atoms in total. The van der Waals surface area contributed by atoms with Crippen molar-refractivity contribution in [2.45, 2.75) is 13.1 Å². The van der Waals surface area contributed by atoms with Gasteiger partial charge in [0.1, 0.15) is 8.07 Å². The maximum absolute atomic E-state index is 5.36. The lowest BCUT2D eigenvalue weighted by molar-refractivity contribution is 1.20. The Morgan fingerprint density at radius 2 is 0.745 bits per heavy atom. The maximum Gasteiger partial charge on any atom is 0.160 e. The number of aromatic nitrogens is 4. The molecular weight excluding hydrogens is 685 g/mol. The third-order valence-electron chi connectivity index (χ3n) is 10.8. The van der Waals surface area contributed by atoms with Crippen LogP contribution in [0.15, 0.2) is 182 Å². The highest BCUT2D eigenvalue weighted by atomic mass is 28.3. The molecule has 0 atom stereocenters. The first-order valence-corrected chi connectivity index (χ1v) is 21.7. The molecule has 260 valence electrons. The van der Waals surface area contributed by atoms with Crippen LogP contribution in [0.5, 0.6) is 0 Å². The first kappa shape index (κ1) is 32.8. The van der Waals surface area contributed by atoms with E-state index < -0.39 is 8.07 Å². The van der Waals surface area contributed by atoms with Crippen LogP contribution in [-0.2, 0) is 0 Å².